The Kier molecular flexibility index (Phi) is 5.49. The molecule has 1 fully saturated rings. The van der Waals surface area contributed by atoms with Crippen LogP contribution in [0.3, 0.4) is 0 Å². The Bertz CT molecular complexity index is 636. The van der Waals surface area contributed by atoms with Crippen LogP contribution in [0.15, 0.2) is 24.3 Å². The number of likely N-dealkylation sites (tertiary alicyclic amines) is 1. The second kappa shape index (κ2) is 7.17. The zero-order valence-electron chi connectivity index (χ0n) is 12.4. The second-order valence-corrected chi connectivity index (χ2v) is 7.27. The molecule has 1 saturated heterocycles. The minimum absolute atomic E-state index is 0.107. The number of halogens is 1. The van der Waals surface area contributed by atoms with E-state index < -0.39 is 15.8 Å². The van der Waals surface area contributed by atoms with Crippen molar-refractivity contribution in [2.75, 3.05) is 31.2 Å². The fraction of sp³-hybridized carbons (Fsp3) is 0.500. The molecule has 1 atom stereocenters. The first-order chi connectivity index (χ1) is 10.3. The van der Waals surface area contributed by atoms with E-state index in [-0.39, 0.29) is 24.2 Å². The van der Waals surface area contributed by atoms with E-state index in [2.05, 4.69) is 10.0 Å². The first-order valence-electron chi connectivity index (χ1n) is 7.07. The van der Waals surface area contributed by atoms with Crippen molar-refractivity contribution in [2.45, 2.75) is 18.9 Å². The summed E-state index contributed by atoms with van der Waals surface area (Å²) in [5.74, 6) is -0.795. The second-order valence-electron chi connectivity index (χ2n) is 5.49. The lowest BCUT2D eigenvalue weighted by Crippen LogP contribution is -2.49. The summed E-state index contributed by atoms with van der Waals surface area (Å²) in [4.78, 5) is 13.8. The number of piperidine rings is 1. The molecule has 1 unspecified atom stereocenters. The summed E-state index contributed by atoms with van der Waals surface area (Å²) in [5.41, 5.74) is 0.148. The predicted molar refractivity (Wildman–Crippen MR) is 82.5 cm³/mol. The van der Waals surface area contributed by atoms with Gasteiger partial charge < -0.3 is 5.32 Å². The molecule has 0 saturated carbocycles. The molecule has 1 amide bonds. The average molecular weight is 329 g/mol. The van der Waals surface area contributed by atoms with Crippen LogP contribution in [-0.4, -0.2) is 51.2 Å². The summed E-state index contributed by atoms with van der Waals surface area (Å²) in [7, 11) is -3.26. The average Bonchev–Trinajstić information content (AvgIpc) is 2.40. The summed E-state index contributed by atoms with van der Waals surface area (Å²) >= 11 is 0. The molecule has 0 aromatic heterocycles. The molecule has 122 valence electrons. The number of hydrogen-bond donors (Lipinski definition) is 2. The molecule has 22 heavy (non-hydrogen) atoms. The quantitative estimate of drug-likeness (QED) is 0.837. The Morgan fingerprint density at radius 3 is 2.82 bits per heavy atom. The zero-order chi connectivity index (χ0) is 16.2. The third-order valence-electron chi connectivity index (χ3n) is 3.40. The molecule has 0 radical (unpaired) electrons. The maximum atomic E-state index is 13.5. The smallest absolute Gasteiger partial charge is 0.238 e. The lowest BCUT2D eigenvalue weighted by Gasteiger charge is -2.32. The Labute approximate surface area is 129 Å². The number of carbonyl (C=O) groups excluding carboxylic acids is 1. The Hall–Kier alpha value is -1.51. The molecule has 0 spiro atoms. The van der Waals surface area contributed by atoms with Crippen LogP contribution in [0.25, 0.3) is 0 Å². The Balaban J connectivity index is 1.87. The topological polar surface area (TPSA) is 78.5 Å². The molecule has 0 aliphatic carbocycles. The van der Waals surface area contributed by atoms with Crippen molar-refractivity contribution in [2.24, 2.45) is 0 Å². The van der Waals surface area contributed by atoms with Crippen LogP contribution in [-0.2, 0) is 14.8 Å². The number of rotatable bonds is 5. The molecule has 1 heterocycles. The highest BCUT2D eigenvalue weighted by molar-refractivity contribution is 7.88. The minimum atomic E-state index is -3.26. The minimum Gasteiger partial charge on any atom is -0.322 e. The Morgan fingerprint density at radius 2 is 2.14 bits per heavy atom. The number of carbonyl (C=O) groups is 1. The van der Waals surface area contributed by atoms with Gasteiger partial charge in [0.25, 0.3) is 0 Å². The number of nitrogens with one attached hydrogen (secondary N) is 2. The van der Waals surface area contributed by atoms with Gasteiger partial charge in [0.2, 0.25) is 15.9 Å². The molecule has 2 rings (SSSR count). The van der Waals surface area contributed by atoms with E-state index in [4.69, 9.17) is 0 Å². The number of hydrogen-bond acceptors (Lipinski definition) is 4. The first-order valence-corrected chi connectivity index (χ1v) is 8.96. The molecule has 1 aliphatic heterocycles. The van der Waals surface area contributed by atoms with E-state index in [0.29, 0.717) is 13.1 Å². The zero-order valence-corrected chi connectivity index (χ0v) is 13.2. The number of amides is 1. The standard InChI is InChI=1S/C14H20FN3O3S/c1-22(20,21)17-11-5-4-8-18(9-11)10-14(19)16-13-7-3-2-6-12(13)15/h2-3,6-7,11,17H,4-5,8-10H2,1H3,(H,16,19). The third-order valence-corrected chi connectivity index (χ3v) is 4.16. The van der Waals surface area contributed by atoms with Crippen molar-refractivity contribution in [1.82, 2.24) is 9.62 Å². The van der Waals surface area contributed by atoms with Crippen LogP contribution >= 0.6 is 0 Å². The maximum absolute atomic E-state index is 13.5. The van der Waals surface area contributed by atoms with Crippen LogP contribution in [0.5, 0.6) is 0 Å². The van der Waals surface area contributed by atoms with Gasteiger partial charge in [-0.2, -0.15) is 0 Å². The van der Waals surface area contributed by atoms with E-state index in [1.807, 2.05) is 4.90 Å². The highest BCUT2D eigenvalue weighted by Gasteiger charge is 2.23. The van der Waals surface area contributed by atoms with Crippen LogP contribution < -0.4 is 10.0 Å². The monoisotopic (exact) mass is 329 g/mol. The van der Waals surface area contributed by atoms with Gasteiger partial charge in [0.05, 0.1) is 18.5 Å². The van der Waals surface area contributed by atoms with Gasteiger partial charge in [-0.15, -0.1) is 0 Å². The maximum Gasteiger partial charge on any atom is 0.238 e. The fourth-order valence-corrected chi connectivity index (χ4v) is 3.35. The van der Waals surface area contributed by atoms with Gasteiger partial charge in [-0.05, 0) is 31.5 Å². The normalized spacial score (nSPS) is 19.8. The number of sulfonamides is 1. The summed E-state index contributed by atoms with van der Waals surface area (Å²) < 4.78 is 38.5. The number of para-hydroxylation sites is 1. The molecule has 1 aromatic carbocycles. The third kappa shape index (κ3) is 5.36. The van der Waals surface area contributed by atoms with Gasteiger partial charge in [-0.1, -0.05) is 12.1 Å². The van der Waals surface area contributed by atoms with E-state index in [0.717, 1.165) is 19.1 Å². The van der Waals surface area contributed by atoms with Gasteiger partial charge in [0, 0.05) is 12.6 Å². The fourth-order valence-electron chi connectivity index (χ4n) is 2.55. The molecule has 1 aliphatic rings. The van der Waals surface area contributed by atoms with E-state index in [1.54, 1.807) is 12.1 Å². The summed E-state index contributed by atoms with van der Waals surface area (Å²) in [6, 6.07) is 5.79. The largest absolute Gasteiger partial charge is 0.322 e. The molecular weight excluding hydrogens is 309 g/mol. The van der Waals surface area contributed by atoms with E-state index in [9.17, 15) is 17.6 Å². The van der Waals surface area contributed by atoms with Crippen molar-refractivity contribution in [3.63, 3.8) is 0 Å². The number of anilines is 1. The van der Waals surface area contributed by atoms with Crippen molar-refractivity contribution in [1.29, 1.82) is 0 Å². The molecule has 2 N–H and O–H groups in total. The van der Waals surface area contributed by atoms with Crippen molar-refractivity contribution < 1.29 is 17.6 Å². The van der Waals surface area contributed by atoms with Crippen molar-refractivity contribution >= 4 is 21.6 Å². The predicted octanol–water partition coefficient (Wildman–Crippen LogP) is 0.778. The number of nitrogens with zero attached hydrogens (tertiary/aromatic N) is 1. The van der Waals surface area contributed by atoms with Crippen LogP contribution in [0.2, 0.25) is 0 Å². The lowest BCUT2D eigenvalue weighted by molar-refractivity contribution is -0.117. The van der Waals surface area contributed by atoms with Gasteiger partial charge >= 0.3 is 0 Å². The van der Waals surface area contributed by atoms with Crippen LogP contribution in [0, 0.1) is 5.82 Å². The van der Waals surface area contributed by atoms with Crippen LogP contribution in [0.4, 0.5) is 10.1 Å². The lowest BCUT2D eigenvalue weighted by atomic mass is 10.1. The van der Waals surface area contributed by atoms with E-state index >= 15 is 0 Å². The molecule has 1 aromatic rings. The van der Waals surface area contributed by atoms with Crippen molar-refractivity contribution in [3.05, 3.63) is 30.1 Å². The highest BCUT2D eigenvalue weighted by Crippen LogP contribution is 2.14. The molecular formula is C14H20FN3O3S. The first kappa shape index (κ1) is 16.9. The van der Waals surface area contributed by atoms with Crippen LogP contribution in [0.1, 0.15) is 12.8 Å². The van der Waals surface area contributed by atoms with Gasteiger partial charge in [0.1, 0.15) is 5.82 Å². The highest BCUT2D eigenvalue weighted by atomic mass is 32.2. The molecule has 0 bridgehead atoms. The van der Waals surface area contributed by atoms with Crippen molar-refractivity contribution in [3.8, 4) is 0 Å². The molecule has 8 heteroatoms. The Morgan fingerprint density at radius 1 is 1.41 bits per heavy atom. The van der Waals surface area contributed by atoms with E-state index in [1.165, 1.54) is 12.1 Å². The summed E-state index contributed by atoms with van der Waals surface area (Å²) in [6.07, 6.45) is 2.68. The van der Waals surface area contributed by atoms with Gasteiger partial charge in [-0.3, -0.25) is 9.69 Å². The van der Waals surface area contributed by atoms with Gasteiger partial charge in [-0.25, -0.2) is 17.5 Å². The SMILES string of the molecule is CS(=O)(=O)NC1CCCN(CC(=O)Nc2ccccc2F)C1. The van der Waals surface area contributed by atoms with Gasteiger partial charge in [0.15, 0.2) is 0 Å². The summed E-state index contributed by atoms with van der Waals surface area (Å²) in [5, 5.41) is 2.53. The summed E-state index contributed by atoms with van der Waals surface area (Å²) in [6.45, 7) is 1.29. The number of benzene rings is 1. The molecule has 6 nitrogen and oxygen atoms in total.